The van der Waals surface area contributed by atoms with Gasteiger partial charge in [-0.05, 0) is 30.5 Å². The lowest BCUT2D eigenvalue weighted by molar-refractivity contribution is -0.119. The topological polar surface area (TPSA) is 49.6 Å². The van der Waals surface area contributed by atoms with Gasteiger partial charge in [0, 0.05) is 31.4 Å². The second-order valence-electron chi connectivity index (χ2n) is 6.53. The van der Waals surface area contributed by atoms with E-state index in [1.807, 2.05) is 0 Å². The summed E-state index contributed by atoms with van der Waals surface area (Å²) < 4.78 is 0. The smallest absolute Gasteiger partial charge is 0.231 e. The zero-order chi connectivity index (χ0) is 16.9. The van der Waals surface area contributed by atoms with Crippen LogP contribution in [0.3, 0.4) is 0 Å². The van der Waals surface area contributed by atoms with Gasteiger partial charge in [-0.1, -0.05) is 48.5 Å². The van der Waals surface area contributed by atoms with Crippen LogP contribution in [0.1, 0.15) is 18.1 Å². The van der Waals surface area contributed by atoms with Gasteiger partial charge in [0.25, 0.3) is 0 Å². The molecular weight excluding hydrogens is 298 g/mol. The Hall–Kier alpha value is -2.33. The van der Waals surface area contributed by atoms with Crippen molar-refractivity contribution in [2.45, 2.75) is 19.4 Å². The summed E-state index contributed by atoms with van der Waals surface area (Å²) in [4.78, 5) is 15.7. The van der Waals surface area contributed by atoms with Gasteiger partial charge >= 0.3 is 0 Å². The van der Waals surface area contributed by atoms with Crippen LogP contribution in [0.4, 0.5) is 5.69 Å². The van der Waals surface area contributed by atoms with E-state index in [-0.39, 0.29) is 5.91 Å². The third kappa shape index (κ3) is 3.95. The van der Waals surface area contributed by atoms with Gasteiger partial charge in [0.1, 0.15) is 0 Å². The van der Waals surface area contributed by atoms with Crippen LogP contribution in [0.25, 0.3) is 0 Å². The first-order valence-electron chi connectivity index (χ1n) is 8.52. The summed E-state index contributed by atoms with van der Waals surface area (Å²) >= 11 is 0. The molecule has 2 aromatic rings. The number of anilines is 1. The maximum absolute atomic E-state index is 11.1. The largest absolute Gasteiger partial charge is 0.369 e. The molecule has 1 fully saturated rings. The van der Waals surface area contributed by atoms with Crippen LogP contribution < -0.4 is 10.6 Å². The average molecular weight is 323 g/mol. The predicted molar refractivity (Wildman–Crippen MR) is 98.1 cm³/mol. The SMILES string of the molecule is CC1CN(CC(N)=O)CCN1c1ccccc1Cc1ccccc1. The van der Waals surface area contributed by atoms with Crippen molar-refractivity contribution in [1.82, 2.24) is 4.90 Å². The molecule has 0 aliphatic carbocycles. The van der Waals surface area contributed by atoms with Gasteiger partial charge in [-0.25, -0.2) is 0 Å². The number of carbonyl (C=O) groups excluding carboxylic acids is 1. The van der Waals surface area contributed by atoms with Crippen LogP contribution in [0.5, 0.6) is 0 Å². The first-order chi connectivity index (χ1) is 11.6. The fourth-order valence-corrected chi connectivity index (χ4v) is 3.51. The van der Waals surface area contributed by atoms with Gasteiger partial charge in [0.2, 0.25) is 5.91 Å². The second kappa shape index (κ2) is 7.49. The number of carbonyl (C=O) groups is 1. The van der Waals surface area contributed by atoms with E-state index in [0.29, 0.717) is 12.6 Å². The molecule has 4 nitrogen and oxygen atoms in total. The Balaban J connectivity index is 1.76. The molecule has 2 N–H and O–H groups in total. The minimum atomic E-state index is -0.250. The lowest BCUT2D eigenvalue weighted by atomic mass is 10.0. The first kappa shape index (κ1) is 16.5. The van der Waals surface area contributed by atoms with E-state index in [2.05, 4.69) is 71.3 Å². The van der Waals surface area contributed by atoms with Crippen LogP contribution in [0, 0.1) is 0 Å². The van der Waals surface area contributed by atoms with Crippen molar-refractivity contribution < 1.29 is 4.79 Å². The number of nitrogens with zero attached hydrogens (tertiary/aromatic N) is 2. The zero-order valence-electron chi connectivity index (χ0n) is 14.2. The Morgan fingerprint density at radius 1 is 1.08 bits per heavy atom. The number of para-hydroxylation sites is 1. The summed E-state index contributed by atoms with van der Waals surface area (Å²) in [7, 11) is 0. The first-order valence-corrected chi connectivity index (χ1v) is 8.52. The van der Waals surface area contributed by atoms with Crippen LogP contribution >= 0.6 is 0 Å². The fraction of sp³-hybridized carbons (Fsp3) is 0.350. The molecule has 1 unspecified atom stereocenters. The van der Waals surface area contributed by atoms with Gasteiger partial charge in [0.15, 0.2) is 0 Å². The summed E-state index contributed by atoms with van der Waals surface area (Å²) in [5.74, 6) is -0.250. The Morgan fingerprint density at radius 3 is 2.50 bits per heavy atom. The van der Waals surface area contributed by atoms with Gasteiger partial charge in [-0.15, -0.1) is 0 Å². The molecule has 0 saturated carbocycles. The molecule has 1 aliphatic rings. The average Bonchev–Trinajstić information content (AvgIpc) is 2.56. The Morgan fingerprint density at radius 2 is 1.79 bits per heavy atom. The van der Waals surface area contributed by atoms with E-state index in [1.165, 1.54) is 16.8 Å². The molecule has 0 spiro atoms. The quantitative estimate of drug-likeness (QED) is 0.918. The molecule has 126 valence electrons. The Kier molecular flexibility index (Phi) is 5.16. The summed E-state index contributed by atoms with van der Waals surface area (Å²) in [6.45, 7) is 5.21. The van der Waals surface area contributed by atoms with Crippen molar-refractivity contribution >= 4 is 11.6 Å². The summed E-state index contributed by atoms with van der Waals surface area (Å²) in [6.07, 6.45) is 0.936. The number of primary amides is 1. The van der Waals surface area contributed by atoms with Crippen LogP contribution in [-0.2, 0) is 11.2 Å². The highest BCUT2D eigenvalue weighted by molar-refractivity contribution is 5.76. The lowest BCUT2D eigenvalue weighted by Gasteiger charge is -2.41. The third-order valence-corrected chi connectivity index (χ3v) is 4.63. The molecule has 1 heterocycles. The maximum atomic E-state index is 11.1. The number of nitrogens with two attached hydrogens (primary N) is 1. The predicted octanol–water partition coefficient (Wildman–Crippen LogP) is 2.27. The molecule has 4 heteroatoms. The monoisotopic (exact) mass is 323 g/mol. The van der Waals surface area contributed by atoms with Crippen LogP contribution in [0.2, 0.25) is 0 Å². The second-order valence-corrected chi connectivity index (χ2v) is 6.53. The highest BCUT2D eigenvalue weighted by Gasteiger charge is 2.25. The third-order valence-electron chi connectivity index (χ3n) is 4.63. The van der Waals surface area contributed by atoms with E-state index >= 15 is 0 Å². The number of hydrogen-bond donors (Lipinski definition) is 1. The van der Waals surface area contributed by atoms with Crippen molar-refractivity contribution in [2.75, 3.05) is 31.1 Å². The molecule has 24 heavy (non-hydrogen) atoms. The minimum absolute atomic E-state index is 0.250. The van der Waals surface area contributed by atoms with E-state index in [1.54, 1.807) is 0 Å². The van der Waals surface area contributed by atoms with Gasteiger partial charge in [0.05, 0.1) is 6.54 Å². The van der Waals surface area contributed by atoms with E-state index in [9.17, 15) is 4.79 Å². The number of benzene rings is 2. The number of hydrogen-bond acceptors (Lipinski definition) is 3. The Labute approximate surface area is 143 Å². The van der Waals surface area contributed by atoms with Crippen molar-refractivity contribution in [3.63, 3.8) is 0 Å². The zero-order valence-corrected chi connectivity index (χ0v) is 14.2. The molecule has 3 rings (SSSR count). The molecule has 1 saturated heterocycles. The molecule has 0 aromatic heterocycles. The van der Waals surface area contributed by atoms with Crippen LogP contribution in [-0.4, -0.2) is 43.0 Å². The summed E-state index contributed by atoms with van der Waals surface area (Å²) in [5, 5.41) is 0. The van der Waals surface area contributed by atoms with E-state index in [4.69, 9.17) is 5.73 Å². The number of piperazine rings is 1. The van der Waals surface area contributed by atoms with Crippen molar-refractivity contribution in [1.29, 1.82) is 0 Å². The van der Waals surface area contributed by atoms with E-state index in [0.717, 1.165) is 26.1 Å². The van der Waals surface area contributed by atoms with Gasteiger partial charge in [-0.2, -0.15) is 0 Å². The maximum Gasteiger partial charge on any atom is 0.231 e. The molecule has 1 atom stereocenters. The van der Waals surface area contributed by atoms with Crippen LogP contribution in [0.15, 0.2) is 54.6 Å². The molecule has 1 amide bonds. The normalized spacial score (nSPS) is 18.5. The van der Waals surface area contributed by atoms with Gasteiger partial charge < -0.3 is 10.6 Å². The molecule has 2 aromatic carbocycles. The minimum Gasteiger partial charge on any atom is -0.369 e. The number of rotatable bonds is 5. The molecule has 0 radical (unpaired) electrons. The standard InChI is InChI=1S/C20H25N3O/c1-16-14-22(15-20(21)24)11-12-23(16)19-10-6-5-9-18(19)13-17-7-3-2-4-8-17/h2-10,16H,11-15H2,1H3,(H2,21,24). The molecule has 0 bridgehead atoms. The molecule has 1 aliphatic heterocycles. The Bertz CT molecular complexity index is 686. The van der Waals surface area contributed by atoms with Crippen molar-refractivity contribution in [3.05, 3.63) is 65.7 Å². The summed E-state index contributed by atoms with van der Waals surface area (Å²) in [5.41, 5.74) is 9.30. The van der Waals surface area contributed by atoms with E-state index < -0.39 is 0 Å². The summed E-state index contributed by atoms with van der Waals surface area (Å²) in [6, 6.07) is 19.6. The lowest BCUT2D eigenvalue weighted by Crippen LogP contribution is -2.53. The fourth-order valence-electron chi connectivity index (χ4n) is 3.51. The number of amides is 1. The van der Waals surface area contributed by atoms with Crippen molar-refractivity contribution in [2.24, 2.45) is 5.73 Å². The highest BCUT2D eigenvalue weighted by Crippen LogP contribution is 2.26. The van der Waals surface area contributed by atoms with Gasteiger partial charge in [-0.3, -0.25) is 9.69 Å². The van der Waals surface area contributed by atoms with Crippen molar-refractivity contribution in [3.8, 4) is 0 Å². The highest BCUT2D eigenvalue weighted by atomic mass is 16.1. The molecular formula is C20H25N3O.